The minimum Gasteiger partial charge on any atom is -0.453 e. The highest BCUT2D eigenvalue weighted by molar-refractivity contribution is 7.89. The van der Waals surface area contributed by atoms with Gasteiger partial charge in [-0.2, -0.15) is 18.4 Å². The lowest BCUT2D eigenvalue weighted by Gasteiger charge is -2.14. The standard InChI is InChI=1S/C24H23ClN2O5S/c1-14-7-10-18(11-8-14)33(29,30)27-26-20-5-4-6-21-22(20)16(3)23(32-21)24(28)31-17-9-12-19(25)15(2)13-17/h7-13,27H,4-6H2,1-3H3/b26-20+. The number of furan rings is 1. The SMILES string of the molecule is Cc1ccc(S(=O)(=O)N/N=C2\CCCc3oc(C(=O)Oc4ccc(Cl)c(C)c4)c(C)c32)cc1. The molecule has 0 radical (unpaired) electrons. The largest absolute Gasteiger partial charge is 0.453 e. The van der Waals surface area contributed by atoms with Crippen molar-refractivity contribution in [2.75, 3.05) is 0 Å². The fourth-order valence-electron chi connectivity index (χ4n) is 3.69. The number of hydrazone groups is 1. The number of carbonyl (C=O) groups is 1. The van der Waals surface area contributed by atoms with Crippen LogP contribution in [0.3, 0.4) is 0 Å². The van der Waals surface area contributed by atoms with Gasteiger partial charge < -0.3 is 9.15 Å². The Labute approximate surface area is 197 Å². The summed E-state index contributed by atoms with van der Waals surface area (Å²) in [6, 6.07) is 11.4. The quantitative estimate of drug-likeness (QED) is 0.307. The summed E-state index contributed by atoms with van der Waals surface area (Å²) < 4.78 is 36.5. The van der Waals surface area contributed by atoms with Crippen molar-refractivity contribution >= 4 is 33.3 Å². The zero-order valence-electron chi connectivity index (χ0n) is 18.4. The number of aryl methyl sites for hydroxylation is 3. The lowest BCUT2D eigenvalue weighted by Crippen LogP contribution is -2.22. The van der Waals surface area contributed by atoms with Crippen LogP contribution in [0.4, 0.5) is 0 Å². The fraction of sp³-hybridized carbons (Fsp3) is 0.250. The summed E-state index contributed by atoms with van der Waals surface area (Å²) in [5.74, 6) is 0.383. The van der Waals surface area contributed by atoms with E-state index in [0.717, 1.165) is 17.5 Å². The minimum atomic E-state index is -3.82. The van der Waals surface area contributed by atoms with Gasteiger partial charge in [0.15, 0.2) is 0 Å². The van der Waals surface area contributed by atoms with E-state index in [4.69, 9.17) is 20.8 Å². The number of hydrogen-bond acceptors (Lipinski definition) is 6. The van der Waals surface area contributed by atoms with Crippen molar-refractivity contribution in [1.82, 2.24) is 4.83 Å². The first kappa shape index (κ1) is 23.1. The molecule has 0 fully saturated rings. The van der Waals surface area contributed by atoms with E-state index in [1.54, 1.807) is 37.3 Å². The Morgan fingerprint density at radius 3 is 2.52 bits per heavy atom. The highest BCUT2D eigenvalue weighted by Crippen LogP contribution is 2.31. The number of rotatable bonds is 5. The molecule has 0 unspecified atom stereocenters. The molecule has 0 atom stereocenters. The molecule has 1 heterocycles. The van der Waals surface area contributed by atoms with Gasteiger partial charge in [-0.15, -0.1) is 0 Å². The molecule has 0 bridgehead atoms. The molecule has 1 aromatic heterocycles. The predicted molar refractivity (Wildman–Crippen MR) is 126 cm³/mol. The van der Waals surface area contributed by atoms with Gasteiger partial charge in [-0.05, 0) is 69.5 Å². The average Bonchev–Trinajstić information content (AvgIpc) is 3.12. The summed E-state index contributed by atoms with van der Waals surface area (Å²) in [5, 5.41) is 4.76. The fourth-order valence-corrected chi connectivity index (χ4v) is 4.64. The number of hydrogen-bond donors (Lipinski definition) is 1. The third kappa shape index (κ3) is 4.82. The van der Waals surface area contributed by atoms with Crippen molar-refractivity contribution in [2.24, 2.45) is 5.10 Å². The van der Waals surface area contributed by atoms with Gasteiger partial charge in [-0.3, -0.25) is 0 Å². The summed E-state index contributed by atoms with van der Waals surface area (Å²) in [7, 11) is -3.82. The number of nitrogens with one attached hydrogen (secondary N) is 1. The lowest BCUT2D eigenvalue weighted by molar-refractivity contribution is 0.0698. The summed E-state index contributed by atoms with van der Waals surface area (Å²) >= 11 is 6.03. The Hall–Kier alpha value is -3.10. The van der Waals surface area contributed by atoms with Crippen molar-refractivity contribution in [2.45, 2.75) is 44.9 Å². The third-order valence-electron chi connectivity index (χ3n) is 5.48. The van der Waals surface area contributed by atoms with Crippen LogP contribution in [0.2, 0.25) is 5.02 Å². The van der Waals surface area contributed by atoms with Gasteiger partial charge >= 0.3 is 5.97 Å². The van der Waals surface area contributed by atoms with Crippen molar-refractivity contribution in [3.8, 4) is 5.75 Å². The number of benzene rings is 2. The zero-order valence-corrected chi connectivity index (χ0v) is 20.0. The average molecular weight is 487 g/mol. The van der Waals surface area contributed by atoms with Crippen LogP contribution in [0.15, 0.2) is 56.9 Å². The number of ether oxygens (including phenoxy) is 1. The summed E-state index contributed by atoms with van der Waals surface area (Å²) in [5.41, 5.74) is 3.47. The van der Waals surface area contributed by atoms with E-state index < -0.39 is 16.0 Å². The van der Waals surface area contributed by atoms with Gasteiger partial charge in [-0.25, -0.2) is 4.79 Å². The predicted octanol–water partition coefficient (Wildman–Crippen LogP) is 5.10. The second-order valence-electron chi connectivity index (χ2n) is 7.97. The first-order valence-corrected chi connectivity index (χ1v) is 12.3. The molecule has 4 rings (SSSR count). The monoisotopic (exact) mass is 486 g/mol. The number of esters is 1. The van der Waals surface area contributed by atoms with Crippen LogP contribution >= 0.6 is 11.6 Å². The van der Waals surface area contributed by atoms with Crippen LogP contribution in [0.5, 0.6) is 5.75 Å². The lowest BCUT2D eigenvalue weighted by atomic mass is 9.93. The molecule has 1 aliphatic rings. The van der Waals surface area contributed by atoms with Gasteiger partial charge in [0.1, 0.15) is 11.5 Å². The van der Waals surface area contributed by atoms with E-state index in [-0.39, 0.29) is 10.7 Å². The number of halogens is 1. The Morgan fingerprint density at radius 1 is 1.09 bits per heavy atom. The smallest absolute Gasteiger partial charge is 0.379 e. The molecule has 9 heteroatoms. The zero-order chi connectivity index (χ0) is 23.8. The molecule has 0 saturated heterocycles. The van der Waals surface area contributed by atoms with E-state index in [1.807, 2.05) is 13.8 Å². The molecule has 0 spiro atoms. The number of fused-ring (bicyclic) bond motifs is 1. The number of sulfonamides is 1. The Balaban J connectivity index is 1.60. The Bertz CT molecular complexity index is 1360. The molecule has 1 N–H and O–H groups in total. The van der Waals surface area contributed by atoms with E-state index in [0.29, 0.717) is 46.2 Å². The normalized spacial score (nSPS) is 14.7. The topological polar surface area (TPSA) is 98.0 Å². The third-order valence-corrected chi connectivity index (χ3v) is 7.13. The Morgan fingerprint density at radius 2 is 1.82 bits per heavy atom. The van der Waals surface area contributed by atoms with E-state index >= 15 is 0 Å². The van der Waals surface area contributed by atoms with Crippen LogP contribution in [0, 0.1) is 20.8 Å². The van der Waals surface area contributed by atoms with Crippen molar-refractivity contribution < 1.29 is 22.4 Å². The van der Waals surface area contributed by atoms with Gasteiger partial charge in [-0.1, -0.05) is 29.3 Å². The van der Waals surface area contributed by atoms with Crippen LogP contribution < -0.4 is 9.57 Å². The first-order chi connectivity index (χ1) is 15.7. The van der Waals surface area contributed by atoms with Crippen molar-refractivity contribution in [1.29, 1.82) is 0 Å². The molecule has 1 aliphatic carbocycles. The van der Waals surface area contributed by atoms with E-state index in [2.05, 4.69) is 9.93 Å². The van der Waals surface area contributed by atoms with Crippen LogP contribution in [0.1, 0.15) is 51.4 Å². The molecule has 33 heavy (non-hydrogen) atoms. The summed E-state index contributed by atoms with van der Waals surface area (Å²) in [4.78, 5) is 15.2. The van der Waals surface area contributed by atoms with E-state index in [1.165, 1.54) is 12.1 Å². The summed E-state index contributed by atoms with van der Waals surface area (Å²) in [6.45, 7) is 5.43. The molecular formula is C24H23ClN2O5S. The highest BCUT2D eigenvalue weighted by Gasteiger charge is 2.29. The van der Waals surface area contributed by atoms with Crippen LogP contribution in [0.25, 0.3) is 0 Å². The van der Waals surface area contributed by atoms with Gasteiger partial charge in [0.05, 0.1) is 10.6 Å². The second-order valence-corrected chi connectivity index (χ2v) is 10.0. The molecule has 0 aliphatic heterocycles. The first-order valence-electron chi connectivity index (χ1n) is 10.4. The molecule has 0 saturated carbocycles. The van der Waals surface area contributed by atoms with E-state index in [9.17, 15) is 13.2 Å². The van der Waals surface area contributed by atoms with Gasteiger partial charge in [0.25, 0.3) is 10.0 Å². The molecule has 0 amide bonds. The molecule has 7 nitrogen and oxygen atoms in total. The van der Waals surface area contributed by atoms with Crippen LogP contribution in [-0.4, -0.2) is 20.1 Å². The van der Waals surface area contributed by atoms with Gasteiger partial charge in [0, 0.05) is 22.6 Å². The number of carbonyl (C=O) groups excluding carboxylic acids is 1. The molecule has 172 valence electrons. The van der Waals surface area contributed by atoms with Crippen molar-refractivity contribution in [3.63, 3.8) is 0 Å². The van der Waals surface area contributed by atoms with Crippen molar-refractivity contribution in [3.05, 3.63) is 81.3 Å². The maximum absolute atomic E-state index is 12.8. The molecule has 3 aromatic rings. The molecule has 2 aromatic carbocycles. The Kier molecular flexibility index (Phi) is 6.32. The highest BCUT2D eigenvalue weighted by atomic mass is 35.5. The number of nitrogens with zero attached hydrogens (tertiary/aromatic N) is 1. The maximum atomic E-state index is 12.8. The molecular weight excluding hydrogens is 464 g/mol. The van der Waals surface area contributed by atoms with Gasteiger partial charge in [0.2, 0.25) is 5.76 Å². The maximum Gasteiger partial charge on any atom is 0.379 e. The summed E-state index contributed by atoms with van der Waals surface area (Å²) in [6.07, 6.45) is 1.89. The second kappa shape index (κ2) is 9.03. The minimum absolute atomic E-state index is 0.0728. The van der Waals surface area contributed by atoms with Crippen LogP contribution in [-0.2, 0) is 16.4 Å².